The average molecular weight is 381 g/mol. The quantitative estimate of drug-likeness (QED) is 0.712. The number of ether oxygens (including phenoxy) is 1. The van der Waals surface area contributed by atoms with Crippen molar-refractivity contribution in [2.24, 2.45) is 0 Å². The molecule has 0 spiro atoms. The smallest absolute Gasteiger partial charge is 0.253 e. The lowest BCUT2D eigenvalue weighted by molar-refractivity contribution is 0.0383. The third-order valence-electron chi connectivity index (χ3n) is 5.14. The topological polar surface area (TPSA) is 63.8 Å². The molecule has 0 aliphatic carbocycles. The maximum absolute atomic E-state index is 12.9. The van der Waals surface area contributed by atoms with Gasteiger partial charge in [-0.15, -0.1) is 0 Å². The van der Waals surface area contributed by atoms with E-state index in [-0.39, 0.29) is 5.91 Å². The molecule has 28 heavy (non-hydrogen) atoms. The fourth-order valence-electron chi connectivity index (χ4n) is 3.54. The Bertz CT molecular complexity index is 953. The standard InChI is InChI=1S/C21H27N5O2/c1-16(2)26-9-6-18(23-26)20-15-17(19-5-3-4-8-25(19)20)21(27)22-7-10-24-11-13-28-14-12-24/h3-6,8-9,15-16H,7,10-14H2,1-2H3,(H,22,27). The SMILES string of the molecule is CC(C)n1ccc(-c2cc(C(=O)NCCN3CCOCC3)c3ccccn23)n1. The summed E-state index contributed by atoms with van der Waals surface area (Å²) in [5, 5.41) is 7.74. The number of nitrogens with zero attached hydrogens (tertiary/aromatic N) is 4. The number of amides is 1. The molecule has 1 aliphatic heterocycles. The highest BCUT2D eigenvalue weighted by atomic mass is 16.5. The van der Waals surface area contributed by atoms with E-state index in [4.69, 9.17) is 4.74 Å². The van der Waals surface area contributed by atoms with Crippen molar-refractivity contribution in [3.8, 4) is 11.4 Å². The summed E-state index contributed by atoms with van der Waals surface area (Å²) in [6, 6.07) is 10.1. The maximum Gasteiger partial charge on any atom is 0.253 e. The van der Waals surface area contributed by atoms with Crippen LogP contribution < -0.4 is 5.32 Å². The number of hydrogen-bond acceptors (Lipinski definition) is 4. The summed E-state index contributed by atoms with van der Waals surface area (Å²) in [4.78, 5) is 15.2. The van der Waals surface area contributed by atoms with Gasteiger partial charge < -0.3 is 14.5 Å². The fraction of sp³-hybridized carbons (Fsp3) is 0.429. The Kier molecular flexibility index (Phi) is 5.45. The second-order valence-corrected chi connectivity index (χ2v) is 7.38. The minimum atomic E-state index is -0.0495. The molecule has 1 N–H and O–H groups in total. The summed E-state index contributed by atoms with van der Waals surface area (Å²) in [7, 11) is 0. The molecule has 3 aromatic heterocycles. The highest BCUT2D eigenvalue weighted by Crippen LogP contribution is 2.25. The van der Waals surface area contributed by atoms with Gasteiger partial charge in [0, 0.05) is 44.6 Å². The van der Waals surface area contributed by atoms with E-state index in [1.54, 1.807) is 0 Å². The van der Waals surface area contributed by atoms with Crippen LogP contribution in [0.3, 0.4) is 0 Å². The van der Waals surface area contributed by atoms with Crippen molar-refractivity contribution in [1.29, 1.82) is 0 Å². The first kappa shape index (κ1) is 18.7. The zero-order valence-corrected chi connectivity index (χ0v) is 16.5. The molecule has 0 aromatic carbocycles. The first-order valence-corrected chi connectivity index (χ1v) is 9.87. The van der Waals surface area contributed by atoms with Gasteiger partial charge in [-0.25, -0.2) is 0 Å². The minimum absolute atomic E-state index is 0.0495. The molecule has 0 bridgehead atoms. The van der Waals surface area contributed by atoms with Crippen LogP contribution in [0.1, 0.15) is 30.2 Å². The molecular weight excluding hydrogens is 354 g/mol. The minimum Gasteiger partial charge on any atom is -0.379 e. The number of carbonyl (C=O) groups is 1. The molecule has 0 unspecified atom stereocenters. The Balaban J connectivity index is 1.54. The zero-order chi connectivity index (χ0) is 19.5. The normalized spacial score (nSPS) is 15.4. The van der Waals surface area contributed by atoms with Gasteiger partial charge in [0.25, 0.3) is 5.91 Å². The van der Waals surface area contributed by atoms with Gasteiger partial charge >= 0.3 is 0 Å². The van der Waals surface area contributed by atoms with Gasteiger partial charge in [0.1, 0.15) is 5.69 Å². The van der Waals surface area contributed by atoms with E-state index in [2.05, 4.69) is 29.2 Å². The molecule has 4 heterocycles. The number of hydrogen-bond donors (Lipinski definition) is 1. The lowest BCUT2D eigenvalue weighted by Gasteiger charge is -2.26. The van der Waals surface area contributed by atoms with Crippen LogP contribution in [-0.4, -0.2) is 64.4 Å². The van der Waals surface area contributed by atoms with Crippen LogP contribution in [0.15, 0.2) is 42.7 Å². The van der Waals surface area contributed by atoms with Crippen LogP contribution in [0.25, 0.3) is 16.9 Å². The van der Waals surface area contributed by atoms with Crippen molar-refractivity contribution in [3.05, 3.63) is 48.3 Å². The Morgan fingerprint density at radius 3 is 2.79 bits per heavy atom. The van der Waals surface area contributed by atoms with Crippen molar-refractivity contribution < 1.29 is 9.53 Å². The monoisotopic (exact) mass is 381 g/mol. The lowest BCUT2D eigenvalue weighted by atomic mass is 10.2. The Labute approximate surface area is 164 Å². The summed E-state index contributed by atoms with van der Waals surface area (Å²) < 4.78 is 9.33. The van der Waals surface area contributed by atoms with Gasteiger partial charge in [-0.1, -0.05) is 6.07 Å². The highest BCUT2D eigenvalue weighted by Gasteiger charge is 2.18. The molecule has 1 amide bonds. The predicted molar refractivity (Wildman–Crippen MR) is 109 cm³/mol. The van der Waals surface area contributed by atoms with E-state index in [0.29, 0.717) is 18.2 Å². The molecule has 1 aliphatic rings. The largest absolute Gasteiger partial charge is 0.379 e. The second-order valence-electron chi connectivity index (χ2n) is 7.38. The lowest BCUT2D eigenvalue weighted by Crippen LogP contribution is -2.41. The molecule has 3 aromatic rings. The van der Waals surface area contributed by atoms with E-state index >= 15 is 0 Å². The molecule has 1 fully saturated rings. The number of aromatic nitrogens is 3. The third-order valence-corrected chi connectivity index (χ3v) is 5.14. The first-order valence-electron chi connectivity index (χ1n) is 9.87. The van der Waals surface area contributed by atoms with Crippen molar-refractivity contribution in [2.75, 3.05) is 39.4 Å². The fourth-order valence-corrected chi connectivity index (χ4v) is 3.54. The van der Waals surface area contributed by atoms with Crippen molar-refractivity contribution in [2.45, 2.75) is 19.9 Å². The Hall–Kier alpha value is -2.64. The molecule has 1 saturated heterocycles. The average Bonchev–Trinajstić information content (AvgIpc) is 3.34. The predicted octanol–water partition coefficient (Wildman–Crippen LogP) is 2.45. The number of rotatable bonds is 6. The number of carbonyl (C=O) groups excluding carboxylic acids is 1. The van der Waals surface area contributed by atoms with Crippen molar-refractivity contribution in [1.82, 2.24) is 24.4 Å². The molecule has 0 radical (unpaired) electrons. The highest BCUT2D eigenvalue weighted by molar-refractivity contribution is 6.02. The molecule has 4 rings (SSSR count). The molecule has 0 saturated carbocycles. The first-order chi connectivity index (χ1) is 13.6. The van der Waals surface area contributed by atoms with Gasteiger partial charge in [-0.3, -0.25) is 14.4 Å². The van der Waals surface area contributed by atoms with E-state index in [9.17, 15) is 4.79 Å². The number of pyridine rings is 1. The van der Waals surface area contributed by atoms with Gasteiger partial charge in [0.15, 0.2) is 0 Å². The molecular formula is C21H27N5O2. The van der Waals surface area contributed by atoms with Crippen LogP contribution >= 0.6 is 0 Å². The van der Waals surface area contributed by atoms with Crippen LogP contribution in [-0.2, 0) is 4.74 Å². The summed E-state index contributed by atoms with van der Waals surface area (Å²) in [5.41, 5.74) is 3.35. The van der Waals surface area contributed by atoms with E-state index in [1.165, 1.54) is 0 Å². The Morgan fingerprint density at radius 1 is 1.21 bits per heavy atom. The number of morpholine rings is 1. The summed E-state index contributed by atoms with van der Waals surface area (Å²) in [6.45, 7) is 9.05. The van der Waals surface area contributed by atoms with Crippen LogP contribution in [0.2, 0.25) is 0 Å². The summed E-state index contributed by atoms with van der Waals surface area (Å²) in [5.74, 6) is -0.0495. The number of nitrogens with one attached hydrogen (secondary N) is 1. The van der Waals surface area contributed by atoms with E-state index in [1.807, 2.05) is 51.8 Å². The maximum atomic E-state index is 12.9. The second kappa shape index (κ2) is 8.16. The third kappa shape index (κ3) is 3.81. The molecule has 0 atom stereocenters. The summed E-state index contributed by atoms with van der Waals surface area (Å²) in [6.07, 6.45) is 3.95. The number of fused-ring (bicyclic) bond motifs is 1. The Morgan fingerprint density at radius 2 is 2.04 bits per heavy atom. The van der Waals surface area contributed by atoms with E-state index < -0.39 is 0 Å². The van der Waals surface area contributed by atoms with Crippen LogP contribution in [0.4, 0.5) is 0 Å². The van der Waals surface area contributed by atoms with E-state index in [0.717, 1.165) is 49.8 Å². The van der Waals surface area contributed by atoms with Gasteiger partial charge in [-0.2, -0.15) is 5.10 Å². The zero-order valence-electron chi connectivity index (χ0n) is 16.5. The summed E-state index contributed by atoms with van der Waals surface area (Å²) >= 11 is 0. The van der Waals surface area contributed by atoms with Crippen molar-refractivity contribution >= 4 is 11.4 Å². The van der Waals surface area contributed by atoms with Gasteiger partial charge in [0.2, 0.25) is 0 Å². The molecule has 148 valence electrons. The van der Waals surface area contributed by atoms with Gasteiger partial charge in [0.05, 0.1) is 30.0 Å². The molecule has 7 heteroatoms. The van der Waals surface area contributed by atoms with Gasteiger partial charge in [-0.05, 0) is 38.1 Å². The molecule has 7 nitrogen and oxygen atoms in total. The van der Waals surface area contributed by atoms with Crippen LogP contribution in [0, 0.1) is 0 Å². The van der Waals surface area contributed by atoms with Crippen molar-refractivity contribution in [3.63, 3.8) is 0 Å². The van der Waals surface area contributed by atoms with Crippen LogP contribution in [0.5, 0.6) is 0 Å².